The third-order valence-corrected chi connectivity index (χ3v) is 3.32. The Hall–Kier alpha value is -2.83. The highest BCUT2D eigenvalue weighted by Crippen LogP contribution is 2.29. The Bertz CT molecular complexity index is 750. The number of carbonyl (C=O) groups excluding carboxylic acids is 1. The van der Waals surface area contributed by atoms with E-state index < -0.39 is 0 Å². The Balaban J connectivity index is 1.93. The van der Waals surface area contributed by atoms with Crippen LogP contribution in [0.15, 0.2) is 26.8 Å². The highest BCUT2D eigenvalue weighted by atomic mass is 16.5. The second-order valence-corrected chi connectivity index (χ2v) is 4.80. The first-order chi connectivity index (χ1) is 9.97. The second kappa shape index (κ2) is 4.62. The van der Waals surface area contributed by atoms with Gasteiger partial charge in [-0.05, 0) is 26.0 Å². The molecule has 0 saturated carbocycles. The quantitative estimate of drug-likeness (QED) is 0.822. The maximum Gasteiger partial charge on any atom is 0.276 e. The van der Waals surface area contributed by atoms with Crippen LogP contribution in [-0.2, 0) is 4.79 Å². The van der Waals surface area contributed by atoms with Crippen molar-refractivity contribution in [2.24, 2.45) is 0 Å². The van der Waals surface area contributed by atoms with Crippen LogP contribution in [0.1, 0.15) is 17.2 Å². The van der Waals surface area contributed by atoms with Crippen LogP contribution in [0, 0.1) is 19.3 Å². The monoisotopic (exact) mass is 286 g/mol. The molecular weight excluding hydrogens is 272 g/mol. The zero-order chi connectivity index (χ0) is 15.1. The van der Waals surface area contributed by atoms with E-state index in [0.717, 1.165) is 11.3 Å². The van der Waals surface area contributed by atoms with Crippen molar-refractivity contribution in [2.45, 2.75) is 13.8 Å². The average Bonchev–Trinajstić information content (AvgIpc) is 3.08. The number of hydrogen-bond donors (Lipinski definition) is 2. The molecule has 0 spiro atoms. The van der Waals surface area contributed by atoms with Gasteiger partial charge in [-0.15, -0.1) is 0 Å². The summed E-state index contributed by atoms with van der Waals surface area (Å²) < 4.78 is 10.8. The molecule has 21 heavy (non-hydrogen) atoms. The van der Waals surface area contributed by atoms with Crippen molar-refractivity contribution in [3.8, 4) is 11.3 Å². The molecular formula is C14H14N4O3. The lowest BCUT2D eigenvalue weighted by Gasteiger charge is -2.02. The molecule has 0 unspecified atom stereocenters. The minimum Gasteiger partial charge on any atom is -0.456 e. The molecule has 7 nitrogen and oxygen atoms in total. The van der Waals surface area contributed by atoms with Crippen LogP contribution in [0.25, 0.3) is 17.4 Å². The number of likely N-dealkylation sites (N-methyl/N-ethyl adjacent to an activating group) is 1. The number of nitrogens with zero attached hydrogens (tertiary/aromatic N) is 2. The summed E-state index contributed by atoms with van der Waals surface area (Å²) in [7, 11) is 1.54. The number of amides is 1. The SMILES string of the molecule is Cc1noc(C)c1-c1ccc(/C=C2/NC(=N)N(C)C2=O)o1. The molecule has 0 aliphatic carbocycles. The molecule has 1 aliphatic heterocycles. The van der Waals surface area contributed by atoms with E-state index in [4.69, 9.17) is 14.3 Å². The molecule has 1 saturated heterocycles. The summed E-state index contributed by atoms with van der Waals surface area (Å²) in [6, 6.07) is 3.55. The van der Waals surface area contributed by atoms with Crippen LogP contribution >= 0.6 is 0 Å². The lowest BCUT2D eigenvalue weighted by Crippen LogP contribution is -2.26. The van der Waals surface area contributed by atoms with Gasteiger partial charge in [0.1, 0.15) is 23.0 Å². The molecule has 1 amide bonds. The predicted molar refractivity (Wildman–Crippen MR) is 75.3 cm³/mol. The van der Waals surface area contributed by atoms with Gasteiger partial charge in [-0.1, -0.05) is 5.16 Å². The van der Waals surface area contributed by atoms with Crippen LogP contribution < -0.4 is 5.32 Å². The topological polar surface area (TPSA) is 95.4 Å². The fourth-order valence-electron chi connectivity index (χ4n) is 2.19. The summed E-state index contributed by atoms with van der Waals surface area (Å²) in [4.78, 5) is 13.1. The van der Waals surface area contributed by atoms with Crippen molar-refractivity contribution < 1.29 is 13.7 Å². The van der Waals surface area contributed by atoms with Crippen molar-refractivity contribution in [1.82, 2.24) is 15.4 Å². The van der Waals surface area contributed by atoms with Crippen LogP contribution in [0.5, 0.6) is 0 Å². The van der Waals surface area contributed by atoms with E-state index >= 15 is 0 Å². The van der Waals surface area contributed by atoms with Crippen LogP contribution in [0.2, 0.25) is 0 Å². The largest absolute Gasteiger partial charge is 0.456 e. The molecule has 0 atom stereocenters. The van der Waals surface area contributed by atoms with Gasteiger partial charge in [0.15, 0.2) is 0 Å². The Morgan fingerprint density at radius 2 is 2.14 bits per heavy atom. The molecule has 1 fully saturated rings. The van der Waals surface area contributed by atoms with E-state index in [9.17, 15) is 4.79 Å². The molecule has 3 heterocycles. The van der Waals surface area contributed by atoms with Crippen molar-refractivity contribution in [3.05, 3.63) is 35.0 Å². The Labute approximate surface area is 120 Å². The lowest BCUT2D eigenvalue weighted by atomic mass is 10.1. The van der Waals surface area contributed by atoms with Gasteiger partial charge in [0, 0.05) is 13.1 Å². The van der Waals surface area contributed by atoms with E-state index in [1.165, 1.54) is 11.9 Å². The van der Waals surface area contributed by atoms with Crippen LogP contribution in [0.4, 0.5) is 0 Å². The number of aryl methyl sites for hydroxylation is 2. The number of carbonyl (C=O) groups is 1. The van der Waals surface area contributed by atoms with Crippen molar-refractivity contribution in [3.63, 3.8) is 0 Å². The molecule has 0 bridgehead atoms. The Morgan fingerprint density at radius 3 is 2.71 bits per heavy atom. The van der Waals surface area contributed by atoms with Crippen LogP contribution in [-0.4, -0.2) is 29.0 Å². The first-order valence-electron chi connectivity index (χ1n) is 6.36. The van der Waals surface area contributed by atoms with E-state index in [-0.39, 0.29) is 11.9 Å². The Kier molecular flexibility index (Phi) is 2.90. The summed E-state index contributed by atoms with van der Waals surface area (Å²) in [6.45, 7) is 3.65. The Morgan fingerprint density at radius 1 is 1.38 bits per heavy atom. The summed E-state index contributed by atoms with van der Waals surface area (Å²) >= 11 is 0. The molecule has 2 aromatic heterocycles. The van der Waals surface area contributed by atoms with Gasteiger partial charge in [0.25, 0.3) is 5.91 Å². The number of furan rings is 1. The van der Waals surface area contributed by atoms with E-state index in [2.05, 4.69) is 10.5 Å². The van der Waals surface area contributed by atoms with E-state index in [1.807, 2.05) is 13.8 Å². The summed E-state index contributed by atoms with van der Waals surface area (Å²) in [5, 5.41) is 14.1. The standard InChI is InChI=1S/C14H14N4O3/c1-7-12(8(2)21-17-7)11-5-4-9(20-11)6-10-13(19)18(3)14(15)16-10/h4-6H,1-3H3,(H2,15,16)/b10-6+. The highest BCUT2D eigenvalue weighted by Gasteiger charge is 2.27. The molecule has 1 aliphatic rings. The first kappa shape index (κ1) is 13.2. The summed E-state index contributed by atoms with van der Waals surface area (Å²) in [5.41, 5.74) is 1.87. The third kappa shape index (κ3) is 2.12. The molecule has 0 radical (unpaired) electrons. The predicted octanol–water partition coefficient (Wildman–Crippen LogP) is 1.89. The van der Waals surface area contributed by atoms with E-state index in [0.29, 0.717) is 23.0 Å². The minimum atomic E-state index is -0.268. The fourth-order valence-corrected chi connectivity index (χ4v) is 2.19. The average molecular weight is 286 g/mol. The van der Waals surface area contributed by atoms with Gasteiger partial charge in [0.2, 0.25) is 5.96 Å². The van der Waals surface area contributed by atoms with Crippen molar-refractivity contribution in [1.29, 1.82) is 5.41 Å². The normalized spacial score (nSPS) is 16.9. The molecule has 2 N–H and O–H groups in total. The zero-order valence-corrected chi connectivity index (χ0v) is 11.9. The van der Waals surface area contributed by atoms with Gasteiger partial charge in [-0.25, -0.2) is 0 Å². The van der Waals surface area contributed by atoms with Gasteiger partial charge in [0.05, 0.1) is 11.3 Å². The summed E-state index contributed by atoms with van der Waals surface area (Å²) in [6.07, 6.45) is 1.57. The third-order valence-electron chi connectivity index (χ3n) is 3.32. The maximum atomic E-state index is 11.9. The zero-order valence-electron chi connectivity index (χ0n) is 11.9. The smallest absolute Gasteiger partial charge is 0.276 e. The minimum absolute atomic E-state index is 0.0451. The number of aromatic nitrogens is 1. The summed E-state index contributed by atoms with van der Waals surface area (Å²) in [5.74, 6) is 1.60. The van der Waals surface area contributed by atoms with Gasteiger partial charge < -0.3 is 14.3 Å². The molecule has 3 rings (SSSR count). The highest BCUT2D eigenvalue weighted by molar-refractivity contribution is 6.14. The number of rotatable bonds is 2. The fraction of sp³-hybridized carbons (Fsp3) is 0.214. The van der Waals surface area contributed by atoms with Gasteiger partial charge in [-0.3, -0.25) is 15.1 Å². The van der Waals surface area contributed by atoms with E-state index in [1.54, 1.807) is 18.2 Å². The maximum absolute atomic E-state index is 11.9. The number of nitrogens with one attached hydrogen (secondary N) is 2. The molecule has 108 valence electrons. The number of guanidine groups is 1. The molecule has 7 heteroatoms. The van der Waals surface area contributed by atoms with Crippen molar-refractivity contribution >= 4 is 17.9 Å². The lowest BCUT2D eigenvalue weighted by molar-refractivity contribution is -0.121. The van der Waals surface area contributed by atoms with Gasteiger partial charge in [-0.2, -0.15) is 0 Å². The first-order valence-corrected chi connectivity index (χ1v) is 6.36. The van der Waals surface area contributed by atoms with Gasteiger partial charge >= 0.3 is 0 Å². The van der Waals surface area contributed by atoms with Crippen molar-refractivity contribution in [2.75, 3.05) is 7.05 Å². The molecule has 0 aromatic carbocycles. The van der Waals surface area contributed by atoms with Crippen LogP contribution in [0.3, 0.4) is 0 Å². The molecule has 2 aromatic rings. The number of hydrogen-bond acceptors (Lipinski definition) is 5. The second-order valence-electron chi connectivity index (χ2n) is 4.80.